The van der Waals surface area contributed by atoms with Gasteiger partial charge < -0.3 is 14.6 Å². The number of benzene rings is 3. The van der Waals surface area contributed by atoms with Gasteiger partial charge in [0.05, 0.1) is 0 Å². The SMILES string of the molecule is O=C(CCc1nc(-c2ccc(Cl)cc2)no1)Nc1ccc(OCc2ccccc2)cc1. The molecule has 0 aliphatic heterocycles. The Balaban J connectivity index is 1.25. The van der Waals surface area contributed by atoms with E-state index in [4.69, 9.17) is 20.9 Å². The van der Waals surface area contributed by atoms with Crippen LogP contribution in [0.2, 0.25) is 5.02 Å². The Bertz CT molecular complexity index is 1130. The van der Waals surface area contributed by atoms with Gasteiger partial charge in [-0.3, -0.25) is 4.79 Å². The van der Waals surface area contributed by atoms with E-state index in [0.717, 1.165) is 16.9 Å². The van der Waals surface area contributed by atoms with Crippen molar-refractivity contribution < 1.29 is 14.1 Å². The van der Waals surface area contributed by atoms with E-state index in [1.54, 1.807) is 12.1 Å². The molecule has 7 heteroatoms. The number of ether oxygens (including phenoxy) is 1. The molecule has 0 saturated heterocycles. The zero-order valence-electron chi connectivity index (χ0n) is 16.6. The van der Waals surface area contributed by atoms with Crippen molar-refractivity contribution in [2.75, 3.05) is 5.32 Å². The molecule has 1 aromatic heterocycles. The molecule has 6 nitrogen and oxygen atoms in total. The number of amides is 1. The molecule has 3 aromatic carbocycles. The lowest BCUT2D eigenvalue weighted by Crippen LogP contribution is -2.12. The van der Waals surface area contributed by atoms with Crippen LogP contribution in [0.15, 0.2) is 83.4 Å². The third-order valence-electron chi connectivity index (χ3n) is 4.52. The number of anilines is 1. The van der Waals surface area contributed by atoms with Crippen LogP contribution in [0.5, 0.6) is 5.75 Å². The lowest BCUT2D eigenvalue weighted by atomic mass is 10.2. The molecular weight excluding hydrogens is 414 g/mol. The molecule has 0 fully saturated rings. The molecule has 0 atom stereocenters. The van der Waals surface area contributed by atoms with Crippen molar-refractivity contribution in [3.05, 3.63) is 95.3 Å². The summed E-state index contributed by atoms with van der Waals surface area (Å²) >= 11 is 5.89. The number of aromatic nitrogens is 2. The molecule has 4 aromatic rings. The number of carbonyl (C=O) groups is 1. The average Bonchev–Trinajstić information content (AvgIpc) is 3.28. The van der Waals surface area contributed by atoms with E-state index in [-0.39, 0.29) is 12.3 Å². The maximum Gasteiger partial charge on any atom is 0.227 e. The number of nitrogens with one attached hydrogen (secondary N) is 1. The first-order chi connectivity index (χ1) is 15.2. The molecule has 1 N–H and O–H groups in total. The van der Waals surface area contributed by atoms with Gasteiger partial charge in [0.25, 0.3) is 0 Å². The van der Waals surface area contributed by atoms with Crippen LogP contribution in [-0.4, -0.2) is 16.0 Å². The predicted molar refractivity (Wildman–Crippen MR) is 119 cm³/mol. The first kappa shape index (κ1) is 20.6. The van der Waals surface area contributed by atoms with Crippen molar-refractivity contribution >= 4 is 23.2 Å². The molecule has 0 bridgehead atoms. The highest BCUT2D eigenvalue weighted by Gasteiger charge is 2.11. The minimum absolute atomic E-state index is 0.135. The Morgan fingerprint density at radius 3 is 2.45 bits per heavy atom. The van der Waals surface area contributed by atoms with Gasteiger partial charge >= 0.3 is 0 Å². The van der Waals surface area contributed by atoms with Crippen molar-refractivity contribution in [2.24, 2.45) is 0 Å². The maximum atomic E-state index is 12.2. The number of hydrogen-bond acceptors (Lipinski definition) is 5. The van der Waals surface area contributed by atoms with E-state index in [1.807, 2.05) is 66.7 Å². The monoisotopic (exact) mass is 433 g/mol. The van der Waals surface area contributed by atoms with Crippen LogP contribution in [-0.2, 0) is 17.8 Å². The van der Waals surface area contributed by atoms with Gasteiger partial charge in [0.15, 0.2) is 0 Å². The summed E-state index contributed by atoms with van der Waals surface area (Å²) in [5.74, 6) is 1.48. The Hall–Kier alpha value is -3.64. The normalized spacial score (nSPS) is 10.6. The van der Waals surface area contributed by atoms with E-state index in [1.165, 1.54) is 0 Å². The summed E-state index contributed by atoms with van der Waals surface area (Å²) in [7, 11) is 0. The summed E-state index contributed by atoms with van der Waals surface area (Å²) in [4.78, 5) is 16.6. The number of hydrogen-bond donors (Lipinski definition) is 1. The van der Waals surface area contributed by atoms with E-state index < -0.39 is 0 Å². The van der Waals surface area contributed by atoms with Crippen molar-refractivity contribution in [2.45, 2.75) is 19.4 Å². The lowest BCUT2D eigenvalue weighted by molar-refractivity contribution is -0.116. The molecule has 0 spiro atoms. The third-order valence-corrected chi connectivity index (χ3v) is 4.77. The summed E-state index contributed by atoms with van der Waals surface area (Å²) in [5, 5.41) is 7.45. The van der Waals surface area contributed by atoms with E-state index >= 15 is 0 Å². The van der Waals surface area contributed by atoms with Crippen molar-refractivity contribution in [1.82, 2.24) is 10.1 Å². The van der Waals surface area contributed by atoms with Gasteiger partial charge in [-0.25, -0.2) is 0 Å². The Kier molecular flexibility index (Phi) is 6.59. The Morgan fingerprint density at radius 1 is 0.968 bits per heavy atom. The number of carbonyl (C=O) groups excluding carboxylic acids is 1. The zero-order valence-corrected chi connectivity index (χ0v) is 17.4. The maximum absolute atomic E-state index is 12.2. The second-order valence-corrected chi connectivity index (χ2v) is 7.30. The second-order valence-electron chi connectivity index (χ2n) is 6.87. The fraction of sp³-hybridized carbons (Fsp3) is 0.125. The molecule has 0 aliphatic rings. The first-order valence-electron chi connectivity index (χ1n) is 9.81. The molecule has 1 heterocycles. The Morgan fingerprint density at radius 2 is 1.71 bits per heavy atom. The van der Waals surface area contributed by atoms with Gasteiger partial charge in [-0.1, -0.05) is 47.1 Å². The third kappa shape index (κ3) is 5.93. The van der Waals surface area contributed by atoms with Crippen LogP contribution < -0.4 is 10.1 Å². The fourth-order valence-electron chi connectivity index (χ4n) is 2.89. The quantitative estimate of drug-likeness (QED) is 0.394. The largest absolute Gasteiger partial charge is 0.489 e. The van der Waals surface area contributed by atoms with E-state index in [9.17, 15) is 4.79 Å². The summed E-state index contributed by atoms with van der Waals surface area (Å²) in [5.41, 5.74) is 2.60. The number of aryl methyl sites for hydroxylation is 1. The van der Waals surface area contributed by atoms with Crippen molar-refractivity contribution in [1.29, 1.82) is 0 Å². The second kappa shape index (κ2) is 9.91. The Labute approximate surface area is 184 Å². The zero-order chi connectivity index (χ0) is 21.5. The number of rotatable bonds is 8. The topological polar surface area (TPSA) is 77.2 Å². The highest BCUT2D eigenvalue weighted by Crippen LogP contribution is 2.20. The van der Waals surface area contributed by atoms with Crippen molar-refractivity contribution in [3.63, 3.8) is 0 Å². The van der Waals surface area contributed by atoms with Gasteiger partial charge in [0.1, 0.15) is 12.4 Å². The first-order valence-corrected chi connectivity index (χ1v) is 10.2. The fourth-order valence-corrected chi connectivity index (χ4v) is 3.02. The van der Waals surface area contributed by atoms with Crippen LogP contribution in [0, 0.1) is 0 Å². The summed E-state index contributed by atoms with van der Waals surface area (Å²) in [6.45, 7) is 0.495. The molecule has 0 saturated carbocycles. The lowest BCUT2D eigenvalue weighted by Gasteiger charge is -2.08. The van der Waals surface area contributed by atoms with Gasteiger partial charge in [-0.2, -0.15) is 4.98 Å². The molecule has 0 unspecified atom stereocenters. The smallest absolute Gasteiger partial charge is 0.227 e. The number of nitrogens with zero attached hydrogens (tertiary/aromatic N) is 2. The van der Waals surface area contributed by atoms with Crippen LogP contribution >= 0.6 is 11.6 Å². The predicted octanol–water partition coefficient (Wildman–Crippen LogP) is 5.54. The highest BCUT2D eigenvalue weighted by molar-refractivity contribution is 6.30. The van der Waals surface area contributed by atoms with Crippen LogP contribution in [0.1, 0.15) is 17.9 Å². The molecule has 0 aliphatic carbocycles. The molecule has 4 rings (SSSR count). The minimum Gasteiger partial charge on any atom is -0.489 e. The molecule has 1 amide bonds. The minimum atomic E-state index is -0.135. The van der Waals surface area contributed by atoms with E-state index in [0.29, 0.717) is 35.5 Å². The molecular formula is C24H20ClN3O3. The average molecular weight is 434 g/mol. The van der Waals surface area contributed by atoms with Crippen molar-refractivity contribution in [3.8, 4) is 17.1 Å². The molecule has 0 radical (unpaired) electrons. The standard InChI is InChI=1S/C24H20ClN3O3/c25-19-8-6-18(7-9-19)24-27-23(31-28-24)15-14-22(29)26-20-10-12-21(13-11-20)30-16-17-4-2-1-3-5-17/h1-13H,14-16H2,(H,26,29). The van der Waals surface area contributed by atoms with Gasteiger partial charge in [-0.15, -0.1) is 0 Å². The van der Waals surface area contributed by atoms with Gasteiger partial charge in [0, 0.05) is 29.1 Å². The van der Waals surface area contributed by atoms with E-state index in [2.05, 4.69) is 15.5 Å². The molecule has 156 valence electrons. The van der Waals surface area contributed by atoms with Crippen LogP contribution in [0.25, 0.3) is 11.4 Å². The summed E-state index contributed by atoms with van der Waals surface area (Å²) in [6, 6.07) is 24.4. The van der Waals surface area contributed by atoms with Gasteiger partial charge in [-0.05, 0) is 54.1 Å². The molecule has 31 heavy (non-hydrogen) atoms. The number of halogens is 1. The van der Waals surface area contributed by atoms with Gasteiger partial charge in [0.2, 0.25) is 17.6 Å². The van der Waals surface area contributed by atoms with Crippen LogP contribution in [0.4, 0.5) is 5.69 Å². The summed E-state index contributed by atoms with van der Waals surface area (Å²) < 4.78 is 11.0. The van der Waals surface area contributed by atoms with Crippen LogP contribution in [0.3, 0.4) is 0 Å². The summed E-state index contributed by atoms with van der Waals surface area (Å²) in [6.07, 6.45) is 0.583. The highest BCUT2D eigenvalue weighted by atomic mass is 35.5.